The van der Waals surface area contributed by atoms with Gasteiger partial charge in [0.05, 0.1) is 16.5 Å². The topological polar surface area (TPSA) is 97.2 Å². The molecule has 0 bridgehead atoms. The highest BCUT2D eigenvalue weighted by Gasteiger charge is 2.18. The van der Waals surface area contributed by atoms with Crippen molar-refractivity contribution in [2.45, 2.75) is 19.9 Å². The van der Waals surface area contributed by atoms with Crippen LogP contribution in [-0.2, 0) is 0 Å². The van der Waals surface area contributed by atoms with Crippen LogP contribution in [0.1, 0.15) is 34.5 Å². The van der Waals surface area contributed by atoms with Crippen LogP contribution in [0.2, 0.25) is 0 Å². The van der Waals surface area contributed by atoms with E-state index in [4.69, 9.17) is 0 Å². The third-order valence-electron chi connectivity index (χ3n) is 4.42. The Hall–Kier alpha value is -3.81. The molecule has 0 aliphatic carbocycles. The van der Waals surface area contributed by atoms with Crippen LogP contribution in [-0.4, -0.2) is 15.8 Å². The molecule has 0 aliphatic heterocycles. The fraction of sp³-hybridized carbons (Fsp3) is 0.143. The highest BCUT2D eigenvalue weighted by molar-refractivity contribution is 5.99. The third kappa shape index (κ3) is 4.73. The first-order valence-electron chi connectivity index (χ1n) is 8.88. The summed E-state index contributed by atoms with van der Waals surface area (Å²) < 4.78 is 13.4. The zero-order valence-electron chi connectivity index (χ0n) is 15.8. The molecule has 0 saturated heterocycles. The molecule has 0 fully saturated rings. The van der Waals surface area contributed by atoms with Crippen molar-refractivity contribution in [1.82, 2.24) is 10.3 Å². The van der Waals surface area contributed by atoms with Crippen molar-refractivity contribution in [2.24, 2.45) is 0 Å². The van der Waals surface area contributed by atoms with Crippen LogP contribution in [0.5, 0.6) is 0 Å². The standard InChI is InChI=1S/C21H19FN4O3/c1-13-8-9-15(11-19(13)26(28)29)14(2)24-21(27)18-7-4-10-23-20(18)25-17-6-3-5-16(22)12-17/h3-12,14H,1-2H3,(H,23,25)(H,24,27). The van der Waals surface area contributed by atoms with E-state index in [2.05, 4.69) is 15.6 Å². The van der Waals surface area contributed by atoms with Gasteiger partial charge in [0.25, 0.3) is 11.6 Å². The van der Waals surface area contributed by atoms with Crippen molar-refractivity contribution in [3.05, 3.63) is 93.4 Å². The van der Waals surface area contributed by atoms with Gasteiger partial charge in [-0.05, 0) is 49.7 Å². The van der Waals surface area contributed by atoms with Gasteiger partial charge in [-0.3, -0.25) is 14.9 Å². The number of nitro groups is 1. The molecule has 3 rings (SSSR count). The quantitative estimate of drug-likeness (QED) is 0.468. The molecule has 1 atom stereocenters. The maximum Gasteiger partial charge on any atom is 0.272 e. The van der Waals surface area contributed by atoms with E-state index in [9.17, 15) is 19.3 Å². The van der Waals surface area contributed by atoms with E-state index >= 15 is 0 Å². The van der Waals surface area contributed by atoms with Gasteiger partial charge >= 0.3 is 0 Å². The summed E-state index contributed by atoms with van der Waals surface area (Å²) in [4.78, 5) is 27.7. The molecule has 1 heterocycles. The zero-order chi connectivity index (χ0) is 21.0. The minimum atomic E-state index is -0.468. The fourth-order valence-electron chi connectivity index (χ4n) is 2.84. The van der Waals surface area contributed by atoms with Crippen molar-refractivity contribution in [3.63, 3.8) is 0 Å². The Labute approximate surface area is 166 Å². The number of anilines is 2. The van der Waals surface area contributed by atoms with E-state index in [0.717, 1.165) is 0 Å². The molecule has 0 spiro atoms. The number of nitrogens with zero attached hydrogens (tertiary/aromatic N) is 2. The van der Waals surface area contributed by atoms with Crippen LogP contribution >= 0.6 is 0 Å². The van der Waals surface area contributed by atoms with E-state index < -0.39 is 22.7 Å². The number of aromatic nitrogens is 1. The highest BCUT2D eigenvalue weighted by atomic mass is 19.1. The highest BCUT2D eigenvalue weighted by Crippen LogP contribution is 2.24. The Morgan fingerprint density at radius 1 is 1.17 bits per heavy atom. The van der Waals surface area contributed by atoms with Gasteiger partial charge in [0.15, 0.2) is 0 Å². The largest absolute Gasteiger partial charge is 0.345 e. The number of pyridine rings is 1. The summed E-state index contributed by atoms with van der Waals surface area (Å²) in [7, 11) is 0. The first-order chi connectivity index (χ1) is 13.8. The molecule has 3 aromatic rings. The Bertz CT molecular complexity index is 1070. The van der Waals surface area contributed by atoms with Crippen LogP contribution in [0.15, 0.2) is 60.8 Å². The van der Waals surface area contributed by atoms with E-state index in [1.165, 1.54) is 24.4 Å². The average Bonchev–Trinajstić information content (AvgIpc) is 2.68. The molecule has 0 radical (unpaired) electrons. The number of aryl methyl sites for hydroxylation is 1. The zero-order valence-corrected chi connectivity index (χ0v) is 15.8. The third-order valence-corrected chi connectivity index (χ3v) is 4.42. The minimum Gasteiger partial charge on any atom is -0.345 e. The van der Waals surface area contributed by atoms with Crippen LogP contribution < -0.4 is 10.6 Å². The van der Waals surface area contributed by atoms with E-state index in [1.807, 2.05) is 0 Å². The number of nitrogens with one attached hydrogen (secondary N) is 2. The first kappa shape index (κ1) is 19.9. The molecule has 2 aromatic carbocycles. The lowest BCUT2D eigenvalue weighted by atomic mass is 10.0. The summed E-state index contributed by atoms with van der Waals surface area (Å²) >= 11 is 0. The molecule has 1 amide bonds. The Morgan fingerprint density at radius 3 is 2.69 bits per heavy atom. The predicted octanol–water partition coefficient (Wildman–Crippen LogP) is 4.67. The lowest BCUT2D eigenvalue weighted by molar-refractivity contribution is -0.385. The van der Waals surface area contributed by atoms with Gasteiger partial charge in [-0.1, -0.05) is 18.2 Å². The molecular weight excluding hydrogens is 375 g/mol. The summed E-state index contributed by atoms with van der Waals surface area (Å²) in [6.07, 6.45) is 1.52. The SMILES string of the molecule is Cc1ccc(C(C)NC(=O)c2cccnc2Nc2cccc(F)c2)cc1[N+](=O)[O-]. The van der Waals surface area contributed by atoms with Gasteiger partial charge in [0, 0.05) is 23.5 Å². The van der Waals surface area contributed by atoms with Crippen LogP contribution in [0.3, 0.4) is 0 Å². The molecule has 1 aromatic heterocycles. The molecule has 2 N–H and O–H groups in total. The molecule has 0 aliphatic rings. The van der Waals surface area contributed by atoms with Gasteiger partial charge in [-0.15, -0.1) is 0 Å². The lowest BCUT2D eigenvalue weighted by Crippen LogP contribution is -2.27. The second-order valence-corrected chi connectivity index (χ2v) is 6.53. The maximum atomic E-state index is 13.4. The smallest absolute Gasteiger partial charge is 0.272 e. The van der Waals surface area contributed by atoms with Gasteiger partial charge in [0.1, 0.15) is 11.6 Å². The lowest BCUT2D eigenvalue weighted by Gasteiger charge is -2.16. The number of benzene rings is 2. The number of halogens is 1. The molecule has 148 valence electrons. The van der Waals surface area contributed by atoms with Crippen molar-refractivity contribution in [3.8, 4) is 0 Å². The van der Waals surface area contributed by atoms with Gasteiger partial charge in [-0.25, -0.2) is 9.37 Å². The van der Waals surface area contributed by atoms with Crippen molar-refractivity contribution in [2.75, 3.05) is 5.32 Å². The maximum absolute atomic E-state index is 13.4. The Morgan fingerprint density at radius 2 is 1.97 bits per heavy atom. The second kappa shape index (κ2) is 8.47. The molecule has 7 nitrogen and oxygen atoms in total. The van der Waals surface area contributed by atoms with Crippen molar-refractivity contribution < 1.29 is 14.1 Å². The van der Waals surface area contributed by atoms with Gasteiger partial charge in [0.2, 0.25) is 0 Å². The average molecular weight is 394 g/mol. The summed E-state index contributed by atoms with van der Waals surface area (Å²) in [5, 5.41) is 16.9. The van der Waals surface area contributed by atoms with E-state index in [1.54, 1.807) is 50.2 Å². The number of carbonyl (C=O) groups is 1. The number of carbonyl (C=O) groups excluding carboxylic acids is 1. The Kier molecular flexibility index (Phi) is 5.82. The summed E-state index contributed by atoms with van der Waals surface area (Å²) in [5.41, 5.74) is 1.88. The van der Waals surface area contributed by atoms with E-state index in [-0.39, 0.29) is 17.1 Å². The number of hydrogen-bond acceptors (Lipinski definition) is 5. The monoisotopic (exact) mass is 394 g/mol. The fourth-order valence-corrected chi connectivity index (χ4v) is 2.84. The summed E-state index contributed by atoms with van der Waals surface area (Å²) in [6.45, 7) is 3.40. The van der Waals surface area contributed by atoms with Crippen molar-refractivity contribution in [1.29, 1.82) is 0 Å². The number of rotatable bonds is 6. The predicted molar refractivity (Wildman–Crippen MR) is 108 cm³/mol. The summed E-state index contributed by atoms with van der Waals surface area (Å²) in [6, 6.07) is 13.4. The van der Waals surface area contributed by atoms with Gasteiger partial charge in [-0.2, -0.15) is 0 Å². The molecule has 8 heteroatoms. The molecule has 0 saturated carbocycles. The van der Waals surface area contributed by atoms with Crippen molar-refractivity contribution >= 4 is 23.1 Å². The summed E-state index contributed by atoms with van der Waals surface area (Å²) in [5.74, 6) is -0.545. The number of nitro benzene ring substituents is 1. The second-order valence-electron chi connectivity index (χ2n) is 6.53. The molecular formula is C21H19FN4O3. The molecule has 1 unspecified atom stereocenters. The Balaban J connectivity index is 1.81. The number of hydrogen-bond donors (Lipinski definition) is 2. The van der Waals surface area contributed by atoms with Crippen LogP contribution in [0.4, 0.5) is 21.6 Å². The van der Waals surface area contributed by atoms with Crippen LogP contribution in [0.25, 0.3) is 0 Å². The van der Waals surface area contributed by atoms with E-state index in [0.29, 0.717) is 16.8 Å². The minimum absolute atomic E-state index is 0.00145. The molecule has 29 heavy (non-hydrogen) atoms. The van der Waals surface area contributed by atoms with Gasteiger partial charge < -0.3 is 10.6 Å². The van der Waals surface area contributed by atoms with Crippen LogP contribution in [0, 0.1) is 22.9 Å². The first-order valence-corrected chi connectivity index (χ1v) is 8.88. The normalized spacial score (nSPS) is 11.6. The number of amides is 1.